The van der Waals surface area contributed by atoms with Crippen LogP contribution in [0.5, 0.6) is 0 Å². The molecule has 0 spiro atoms. The molecule has 3 heteroatoms. The first-order valence-corrected chi connectivity index (χ1v) is 5.97. The predicted molar refractivity (Wildman–Crippen MR) is 64.1 cm³/mol. The fraction of sp³-hybridized carbons (Fsp3) is 0.429. The second-order valence-electron chi connectivity index (χ2n) is 4.52. The molecule has 17 heavy (non-hydrogen) atoms. The number of hydrogen-bond donors (Lipinski definition) is 0. The average Bonchev–Trinajstić information content (AvgIpc) is 2.82. The van der Waals surface area contributed by atoms with E-state index in [1.54, 1.807) is 0 Å². The van der Waals surface area contributed by atoms with Crippen LogP contribution < -0.4 is 0 Å². The molecular weight excluding hydrogens is 216 g/mol. The molecule has 1 aromatic rings. The Morgan fingerprint density at radius 1 is 1.18 bits per heavy atom. The number of hydrogen-bond acceptors (Lipinski definition) is 3. The van der Waals surface area contributed by atoms with Crippen molar-refractivity contribution in [2.24, 2.45) is 0 Å². The molecule has 1 fully saturated rings. The second kappa shape index (κ2) is 5.32. The smallest absolute Gasteiger partial charge is 0.292 e. The van der Waals surface area contributed by atoms with Crippen molar-refractivity contribution >= 4 is 5.97 Å². The zero-order valence-electron chi connectivity index (χ0n) is 10.3. The van der Waals surface area contributed by atoms with Crippen LogP contribution in [-0.4, -0.2) is 5.97 Å². The maximum atomic E-state index is 11.8. The Bertz CT molecular complexity index is 406. The maximum absolute atomic E-state index is 11.8. The van der Waals surface area contributed by atoms with E-state index in [4.69, 9.17) is 9.78 Å². The van der Waals surface area contributed by atoms with Gasteiger partial charge in [0.05, 0.1) is 5.56 Å². The quantitative estimate of drug-likeness (QED) is 0.592. The molecule has 0 aliphatic heterocycles. The van der Waals surface area contributed by atoms with Crippen molar-refractivity contribution < 1.29 is 14.6 Å². The van der Waals surface area contributed by atoms with Gasteiger partial charge in [0, 0.05) is 0 Å². The van der Waals surface area contributed by atoms with Gasteiger partial charge in [0.2, 0.25) is 0 Å². The molecule has 1 aliphatic carbocycles. The molecule has 0 aromatic heterocycles. The second-order valence-corrected chi connectivity index (χ2v) is 4.52. The Hall–Kier alpha value is -1.35. The lowest BCUT2D eigenvalue weighted by molar-refractivity contribution is -0.234. The number of carbonyl (C=O) groups excluding carboxylic acids is 1. The Morgan fingerprint density at radius 3 is 2.59 bits per heavy atom. The van der Waals surface area contributed by atoms with Crippen LogP contribution >= 0.6 is 0 Å². The Kier molecular flexibility index (Phi) is 3.79. The average molecular weight is 233 g/mol. The van der Waals surface area contributed by atoms with Crippen molar-refractivity contribution in [3.8, 4) is 0 Å². The molecule has 0 atom stereocenters. The molecule has 91 valence electrons. The largest absolute Gasteiger partial charge is 0.373 e. The highest BCUT2D eigenvalue weighted by atomic mass is 17.2. The van der Waals surface area contributed by atoms with Gasteiger partial charge < -0.3 is 0 Å². The van der Waals surface area contributed by atoms with Gasteiger partial charge in [-0.3, -0.25) is 4.89 Å². The van der Waals surface area contributed by atoms with Gasteiger partial charge >= 0.3 is 5.97 Å². The Morgan fingerprint density at radius 2 is 1.88 bits per heavy atom. The molecule has 3 nitrogen and oxygen atoms in total. The summed E-state index contributed by atoms with van der Waals surface area (Å²) in [5, 5.41) is 0. The van der Waals surface area contributed by atoms with Crippen LogP contribution in [0.15, 0.2) is 18.2 Å². The van der Waals surface area contributed by atoms with Crippen LogP contribution in [-0.2, 0) is 9.78 Å². The van der Waals surface area contributed by atoms with Crippen LogP contribution in [0.3, 0.4) is 0 Å². The van der Waals surface area contributed by atoms with Gasteiger partial charge in [0.15, 0.2) is 0 Å². The summed E-state index contributed by atoms with van der Waals surface area (Å²) in [5.74, 6) is -0.411. The van der Waals surface area contributed by atoms with Crippen LogP contribution in [0.2, 0.25) is 0 Å². The lowest BCUT2D eigenvalue weighted by Crippen LogP contribution is -2.10. The van der Waals surface area contributed by atoms with Crippen molar-refractivity contribution in [2.45, 2.75) is 39.5 Å². The molecule has 1 saturated carbocycles. The molecule has 0 N–H and O–H groups in total. The van der Waals surface area contributed by atoms with Crippen LogP contribution in [0.1, 0.15) is 47.2 Å². The summed E-state index contributed by atoms with van der Waals surface area (Å²) < 4.78 is 0. The van der Waals surface area contributed by atoms with Crippen LogP contribution in [0.25, 0.3) is 0 Å². The maximum Gasteiger partial charge on any atom is 0.373 e. The highest BCUT2D eigenvalue weighted by Crippen LogP contribution is 2.28. The number of carbonyl (C=O) groups is 1. The third kappa shape index (κ3) is 3.07. The summed E-state index contributed by atoms with van der Waals surface area (Å²) in [6, 6.07) is 5.70. The predicted octanol–water partition coefficient (Wildman–Crippen LogP) is 3.50. The number of aryl methyl sites for hydroxylation is 2. The van der Waals surface area contributed by atoms with Gasteiger partial charge in [-0.05, 0) is 38.3 Å². The van der Waals surface area contributed by atoms with Gasteiger partial charge in [0.1, 0.15) is 6.10 Å². The fourth-order valence-corrected chi connectivity index (χ4v) is 1.95. The zero-order chi connectivity index (χ0) is 12.3. The van der Waals surface area contributed by atoms with E-state index in [0.29, 0.717) is 5.56 Å². The topological polar surface area (TPSA) is 35.5 Å². The lowest BCUT2D eigenvalue weighted by atomic mass is 10.1. The molecule has 0 heterocycles. The van der Waals surface area contributed by atoms with E-state index >= 15 is 0 Å². The SMILES string of the molecule is Cc1ccc(C)c(C(=O)OO[C]2CCCC2)c1. The van der Waals surface area contributed by atoms with Gasteiger partial charge in [-0.1, -0.05) is 30.5 Å². The van der Waals surface area contributed by atoms with Gasteiger partial charge in [-0.25, -0.2) is 4.79 Å². The minimum Gasteiger partial charge on any atom is -0.292 e. The molecule has 0 amide bonds. The van der Waals surface area contributed by atoms with Crippen molar-refractivity contribution in [3.05, 3.63) is 41.0 Å². The minimum atomic E-state index is -0.411. The molecular formula is C14H17O3. The first kappa shape index (κ1) is 12.1. The van der Waals surface area contributed by atoms with Gasteiger partial charge in [0.25, 0.3) is 0 Å². The van der Waals surface area contributed by atoms with Crippen LogP contribution in [0, 0.1) is 20.0 Å². The summed E-state index contributed by atoms with van der Waals surface area (Å²) in [6.07, 6.45) is 4.93. The molecule has 2 rings (SSSR count). The Labute approximate surface area is 102 Å². The summed E-state index contributed by atoms with van der Waals surface area (Å²) in [6.45, 7) is 3.83. The van der Waals surface area contributed by atoms with Crippen molar-refractivity contribution in [3.63, 3.8) is 0 Å². The van der Waals surface area contributed by atoms with E-state index in [1.807, 2.05) is 32.0 Å². The van der Waals surface area contributed by atoms with Crippen molar-refractivity contribution in [1.29, 1.82) is 0 Å². The normalized spacial score (nSPS) is 16.1. The van der Waals surface area contributed by atoms with E-state index in [9.17, 15) is 4.79 Å². The summed E-state index contributed by atoms with van der Waals surface area (Å²) in [5.41, 5.74) is 2.51. The third-order valence-corrected chi connectivity index (χ3v) is 3.01. The van der Waals surface area contributed by atoms with E-state index in [-0.39, 0.29) is 0 Å². The zero-order valence-corrected chi connectivity index (χ0v) is 10.3. The van der Waals surface area contributed by atoms with Crippen molar-refractivity contribution in [1.82, 2.24) is 0 Å². The fourth-order valence-electron chi connectivity index (χ4n) is 1.95. The van der Waals surface area contributed by atoms with Gasteiger partial charge in [-0.15, -0.1) is 0 Å². The summed E-state index contributed by atoms with van der Waals surface area (Å²) >= 11 is 0. The van der Waals surface area contributed by atoms with E-state index in [2.05, 4.69) is 0 Å². The number of rotatable bonds is 3. The van der Waals surface area contributed by atoms with Crippen molar-refractivity contribution in [2.75, 3.05) is 0 Å². The molecule has 0 saturated heterocycles. The van der Waals surface area contributed by atoms with E-state index < -0.39 is 5.97 Å². The number of benzene rings is 1. The highest BCUT2D eigenvalue weighted by Gasteiger charge is 2.21. The molecule has 0 unspecified atom stereocenters. The lowest BCUT2D eigenvalue weighted by Gasteiger charge is -2.09. The summed E-state index contributed by atoms with van der Waals surface area (Å²) in [7, 11) is 0. The van der Waals surface area contributed by atoms with Crippen LogP contribution in [0.4, 0.5) is 0 Å². The molecule has 1 aliphatic rings. The van der Waals surface area contributed by atoms with E-state index in [1.165, 1.54) is 0 Å². The Balaban J connectivity index is 1.96. The molecule has 1 radical (unpaired) electrons. The molecule has 0 bridgehead atoms. The van der Waals surface area contributed by atoms with E-state index in [0.717, 1.165) is 42.9 Å². The highest BCUT2D eigenvalue weighted by molar-refractivity contribution is 5.90. The van der Waals surface area contributed by atoms with Gasteiger partial charge in [-0.2, -0.15) is 4.89 Å². The standard InChI is InChI=1S/C14H17O3/c1-10-7-8-11(2)13(9-10)14(15)17-16-12-5-3-4-6-12/h7-9H,3-6H2,1-2H3. The summed E-state index contributed by atoms with van der Waals surface area (Å²) in [4.78, 5) is 21.8. The molecule has 1 aromatic carbocycles. The first-order valence-electron chi connectivity index (χ1n) is 5.97. The third-order valence-electron chi connectivity index (χ3n) is 3.01. The minimum absolute atomic E-state index is 0.411. The first-order chi connectivity index (χ1) is 8.16. The monoisotopic (exact) mass is 233 g/mol.